The topological polar surface area (TPSA) is 84.2 Å². The van der Waals surface area contributed by atoms with Crippen molar-refractivity contribution in [3.05, 3.63) is 28.8 Å². The molecule has 0 aromatic heterocycles. The van der Waals surface area contributed by atoms with Crippen molar-refractivity contribution < 1.29 is 9.59 Å². The van der Waals surface area contributed by atoms with Crippen molar-refractivity contribution in [2.24, 2.45) is 5.73 Å². The lowest BCUT2D eigenvalue weighted by Gasteiger charge is -2.16. The van der Waals surface area contributed by atoms with E-state index in [2.05, 4.69) is 10.6 Å². The maximum atomic E-state index is 12.0. The fraction of sp³-hybridized carbons (Fsp3) is 0.333. The number of rotatable bonds is 3. The molecule has 0 bridgehead atoms. The predicted octanol–water partition coefficient (Wildman–Crippen LogP) is 1.79. The molecule has 18 heavy (non-hydrogen) atoms. The molecule has 0 spiro atoms. The molecule has 1 fully saturated rings. The van der Waals surface area contributed by atoms with E-state index in [1.807, 2.05) is 13.0 Å². The Morgan fingerprint density at radius 1 is 1.39 bits per heavy atom. The van der Waals surface area contributed by atoms with Crippen LogP contribution in [0.1, 0.15) is 18.4 Å². The molecule has 6 heteroatoms. The number of amides is 3. The van der Waals surface area contributed by atoms with Crippen LogP contribution >= 0.6 is 11.6 Å². The summed E-state index contributed by atoms with van der Waals surface area (Å²) in [4.78, 5) is 22.9. The van der Waals surface area contributed by atoms with Gasteiger partial charge in [-0.3, -0.25) is 4.79 Å². The number of nitrogens with two attached hydrogens (primary N) is 1. The number of benzene rings is 1. The molecule has 1 saturated carbocycles. The molecule has 0 radical (unpaired) electrons. The molecule has 3 amide bonds. The van der Waals surface area contributed by atoms with E-state index in [1.165, 1.54) is 0 Å². The van der Waals surface area contributed by atoms with Crippen molar-refractivity contribution in [1.29, 1.82) is 0 Å². The number of carbonyl (C=O) groups excluding carboxylic acids is 2. The normalized spacial score (nSPS) is 15.9. The van der Waals surface area contributed by atoms with Crippen molar-refractivity contribution >= 4 is 29.2 Å². The smallest absolute Gasteiger partial charge is 0.313 e. The van der Waals surface area contributed by atoms with Gasteiger partial charge < -0.3 is 16.4 Å². The van der Waals surface area contributed by atoms with Gasteiger partial charge in [0.25, 0.3) is 0 Å². The fourth-order valence-corrected chi connectivity index (χ4v) is 2.02. The van der Waals surface area contributed by atoms with Crippen LogP contribution in [0, 0.1) is 6.92 Å². The fourth-order valence-electron chi connectivity index (χ4n) is 1.73. The zero-order valence-corrected chi connectivity index (χ0v) is 10.7. The molecule has 96 valence electrons. The number of carbonyl (C=O) groups is 2. The molecule has 0 unspecified atom stereocenters. The first kappa shape index (κ1) is 12.7. The SMILES string of the molecule is Cc1ccc(NC(=O)C2(NC(N)=O)CC2)c(Cl)c1. The predicted molar refractivity (Wildman–Crippen MR) is 69.5 cm³/mol. The monoisotopic (exact) mass is 267 g/mol. The highest BCUT2D eigenvalue weighted by Gasteiger charge is 2.51. The van der Waals surface area contributed by atoms with Crippen molar-refractivity contribution in [2.45, 2.75) is 25.3 Å². The van der Waals surface area contributed by atoms with Crippen LogP contribution in [-0.2, 0) is 4.79 Å². The maximum absolute atomic E-state index is 12.0. The van der Waals surface area contributed by atoms with Gasteiger partial charge in [-0.1, -0.05) is 17.7 Å². The van der Waals surface area contributed by atoms with Gasteiger partial charge in [-0.25, -0.2) is 4.79 Å². The molecule has 1 aromatic rings. The van der Waals surface area contributed by atoms with Gasteiger partial charge in [0.2, 0.25) is 5.91 Å². The Bertz CT molecular complexity index is 512. The second kappa shape index (κ2) is 4.49. The van der Waals surface area contributed by atoms with Crippen LogP contribution in [-0.4, -0.2) is 17.5 Å². The summed E-state index contributed by atoms with van der Waals surface area (Å²) in [7, 11) is 0. The van der Waals surface area contributed by atoms with Crippen LogP contribution in [0.5, 0.6) is 0 Å². The first-order chi connectivity index (χ1) is 8.43. The van der Waals surface area contributed by atoms with Crippen molar-refractivity contribution in [3.8, 4) is 0 Å². The number of hydrogen-bond donors (Lipinski definition) is 3. The molecule has 1 aromatic carbocycles. The van der Waals surface area contributed by atoms with E-state index in [0.717, 1.165) is 5.56 Å². The largest absolute Gasteiger partial charge is 0.352 e. The number of halogens is 1. The maximum Gasteiger partial charge on any atom is 0.313 e. The molecule has 0 saturated heterocycles. The lowest BCUT2D eigenvalue weighted by molar-refractivity contribution is -0.118. The minimum atomic E-state index is -0.861. The third kappa shape index (κ3) is 2.56. The second-order valence-electron chi connectivity index (χ2n) is 4.51. The molecule has 5 nitrogen and oxygen atoms in total. The van der Waals surface area contributed by atoms with Crippen LogP contribution in [0.25, 0.3) is 0 Å². The Balaban J connectivity index is 2.10. The Morgan fingerprint density at radius 2 is 2.06 bits per heavy atom. The number of anilines is 1. The molecule has 1 aliphatic rings. The third-order valence-electron chi connectivity index (χ3n) is 2.92. The number of hydrogen-bond acceptors (Lipinski definition) is 2. The molecule has 4 N–H and O–H groups in total. The molecule has 2 rings (SSSR count). The van der Waals surface area contributed by atoms with Gasteiger partial charge in [0.1, 0.15) is 5.54 Å². The van der Waals surface area contributed by atoms with E-state index in [0.29, 0.717) is 23.6 Å². The summed E-state index contributed by atoms with van der Waals surface area (Å²) in [5, 5.41) is 5.64. The number of nitrogens with one attached hydrogen (secondary N) is 2. The van der Waals surface area contributed by atoms with E-state index in [-0.39, 0.29) is 5.91 Å². The van der Waals surface area contributed by atoms with Crippen LogP contribution in [0.15, 0.2) is 18.2 Å². The van der Waals surface area contributed by atoms with E-state index in [4.69, 9.17) is 17.3 Å². The minimum absolute atomic E-state index is 0.285. The standard InChI is InChI=1S/C12H14ClN3O2/c1-7-2-3-9(8(13)6-7)15-10(17)12(4-5-12)16-11(14)18/h2-3,6H,4-5H2,1H3,(H,15,17)(H3,14,16,18). The second-order valence-corrected chi connectivity index (χ2v) is 4.92. The number of aryl methyl sites for hydroxylation is 1. The number of urea groups is 1. The van der Waals surface area contributed by atoms with Crippen LogP contribution in [0.3, 0.4) is 0 Å². The van der Waals surface area contributed by atoms with Gasteiger partial charge in [0.05, 0.1) is 10.7 Å². The van der Waals surface area contributed by atoms with Crippen LogP contribution in [0.4, 0.5) is 10.5 Å². The first-order valence-electron chi connectivity index (χ1n) is 5.58. The lowest BCUT2D eigenvalue weighted by Crippen LogP contribution is -2.48. The van der Waals surface area contributed by atoms with E-state index < -0.39 is 11.6 Å². The molecule has 0 heterocycles. The Morgan fingerprint density at radius 3 is 2.56 bits per heavy atom. The summed E-state index contributed by atoms with van der Waals surface area (Å²) in [5.41, 5.74) is 5.72. The summed E-state index contributed by atoms with van der Waals surface area (Å²) < 4.78 is 0. The highest BCUT2D eigenvalue weighted by atomic mass is 35.5. The van der Waals surface area contributed by atoms with Gasteiger partial charge in [0.15, 0.2) is 0 Å². The minimum Gasteiger partial charge on any atom is -0.352 e. The molecular formula is C12H14ClN3O2. The van der Waals surface area contributed by atoms with Gasteiger partial charge in [-0.05, 0) is 37.5 Å². The van der Waals surface area contributed by atoms with E-state index in [1.54, 1.807) is 12.1 Å². The molecule has 0 aliphatic heterocycles. The van der Waals surface area contributed by atoms with Gasteiger partial charge in [0, 0.05) is 0 Å². The molecule has 0 atom stereocenters. The first-order valence-corrected chi connectivity index (χ1v) is 5.96. The Kier molecular flexibility index (Phi) is 3.17. The van der Waals surface area contributed by atoms with Gasteiger partial charge in [-0.15, -0.1) is 0 Å². The Hall–Kier alpha value is -1.75. The Labute approximate surface area is 110 Å². The average molecular weight is 268 g/mol. The number of primary amides is 1. The van der Waals surface area contributed by atoms with Crippen LogP contribution in [0.2, 0.25) is 5.02 Å². The van der Waals surface area contributed by atoms with Crippen LogP contribution < -0.4 is 16.4 Å². The molecule has 1 aliphatic carbocycles. The summed E-state index contributed by atoms with van der Waals surface area (Å²) in [6.45, 7) is 1.91. The van der Waals surface area contributed by atoms with Gasteiger partial charge in [-0.2, -0.15) is 0 Å². The van der Waals surface area contributed by atoms with Crippen molar-refractivity contribution in [2.75, 3.05) is 5.32 Å². The van der Waals surface area contributed by atoms with Gasteiger partial charge >= 0.3 is 6.03 Å². The summed E-state index contributed by atoms with van der Waals surface area (Å²) >= 11 is 6.02. The summed E-state index contributed by atoms with van der Waals surface area (Å²) in [6.07, 6.45) is 1.18. The van der Waals surface area contributed by atoms with E-state index >= 15 is 0 Å². The highest BCUT2D eigenvalue weighted by molar-refractivity contribution is 6.33. The summed E-state index contributed by atoms with van der Waals surface area (Å²) in [6, 6.07) is 4.65. The third-order valence-corrected chi connectivity index (χ3v) is 3.23. The summed E-state index contributed by atoms with van der Waals surface area (Å²) in [5.74, 6) is -0.285. The van der Waals surface area contributed by atoms with Crippen molar-refractivity contribution in [3.63, 3.8) is 0 Å². The molecular weight excluding hydrogens is 254 g/mol. The zero-order chi connectivity index (χ0) is 13.3. The average Bonchev–Trinajstić information content (AvgIpc) is 3.02. The quantitative estimate of drug-likeness (QED) is 0.780. The van der Waals surface area contributed by atoms with E-state index in [9.17, 15) is 9.59 Å². The lowest BCUT2D eigenvalue weighted by atomic mass is 10.2. The zero-order valence-electron chi connectivity index (χ0n) is 9.92. The van der Waals surface area contributed by atoms with Crippen molar-refractivity contribution in [1.82, 2.24) is 5.32 Å². The highest BCUT2D eigenvalue weighted by Crippen LogP contribution is 2.37.